The number of nitrogens with one attached hydrogen (secondary N) is 1. The van der Waals surface area contributed by atoms with E-state index in [1.165, 1.54) is 16.2 Å². The zero-order valence-electron chi connectivity index (χ0n) is 19.9. The van der Waals surface area contributed by atoms with E-state index in [-0.39, 0.29) is 31.3 Å². The molecule has 9 nitrogen and oxygen atoms in total. The van der Waals surface area contributed by atoms with Crippen LogP contribution < -0.4 is 10.1 Å². The Morgan fingerprint density at radius 3 is 2.72 bits per heavy atom. The maximum Gasteiger partial charge on any atom is 0.317 e. The molecule has 10 heteroatoms. The monoisotopic (exact) mass is 503 g/mol. The molecule has 1 fully saturated rings. The molecular weight excluding hydrogens is 478 g/mol. The van der Waals surface area contributed by atoms with Crippen molar-refractivity contribution < 1.29 is 19.4 Å². The highest BCUT2D eigenvalue weighted by Crippen LogP contribution is 2.40. The molecule has 2 aromatic carbocycles. The number of urea groups is 1. The zero-order valence-corrected chi connectivity index (χ0v) is 20.7. The van der Waals surface area contributed by atoms with Crippen LogP contribution in [-0.2, 0) is 11.2 Å². The number of rotatable bonds is 6. The number of hydrogen-bond acceptors (Lipinski definition) is 7. The van der Waals surface area contributed by atoms with Crippen LogP contribution in [0.4, 0.5) is 4.79 Å². The van der Waals surface area contributed by atoms with Gasteiger partial charge in [-0.05, 0) is 56.0 Å². The van der Waals surface area contributed by atoms with Crippen LogP contribution in [0.1, 0.15) is 43.0 Å². The van der Waals surface area contributed by atoms with Crippen molar-refractivity contribution in [3.8, 4) is 33.0 Å². The Morgan fingerprint density at radius 2 is 2.00 bits per heavy atom. The first kappa shape index (κ1) is 23.8. The summed E-state index contributed by atoms with van der Waals surface area (Å²) in [4.78, 5) is 25.1. The summed E-state index contributed by atoms with van der Waals surface area (Å²) in [5.74, 6) is -0.797. The van der Waals surface area contributed by atoms with Gasteiger partial charge in [0.15, 0.2) is 0 Å². The molecule has 184 valence electrons. The summed E-state index contributed by atoms with van der Waals surface area (Å²) in [6.45, 7) is 4.32. The molecule has 5 rings (SSSR count). The highest BCUT2D eigenvalue weighted by molar-refractivity contribution is 7.17. The van der Waals surface area contributed by atoms with E-state index in [4.69, 9.17) is 9.84 Å². The molecular formula is C26H25N5O4S. The van der Waals surface area contributed by atoms with E-state index in [0.717, 1.165) is 40.1 Å². The quantitative estimate of drug-likeness (QED) is 0.515. The third kappa shape index (κ3) is 4.50. The van der Waals surface area contributed by atoms with Crippen molar-refractivity contribution in [2.24, 2.45) is 5.92 Å². The molecule has 2 aliphatic rings. The molecule has 1 unspecified atom stereocenters. The van der Waals surface area contributed by atoms with Gasteiger partial charge in [-0.25, -0.2) is 4.79 Å². The highest BCUT2D eigenvalue weighted by atomic mass is 32.1. The minimum absolute atomic E-state index is 0.0302. The Hall–Kier alpha value is -3.97. The summed E-state index contributed by atoms with van der Waals surface area (Å²) in [6.07, 6.45) is 1.53. The van der Waals surface area contributed by atoms with Gasteiger partial charge in [-0.15, -0.1) is 10.2 Å². The van der Waals surface area contributed by atoms with Crippen molar-refractivity contribution in [2.45, 2.75) is 38.8 Å². The molecule has 0 bridgehead atoms. The Kier molecular flexibility index (Phi) is 6.33. The average molecular weight is 504 g/mol. The minimum atomic E-state index is -0.866. The number of hydrogen-bond donors (Lipinski definition) is 2. The number of aliphatic carboxylic acids is 1. The molecule has 2 amide bonds. The van der Waals surface area contributed by atoms with E-state index in [2.05, 4.69) is 21.6 Å². The molecule has 36 heavy (non-hydrogen) atoms. The van der Waals surface area contributed by atoms with Gasteiger partial charge < -0.3 is 20.1 Å². The molecule has 2 heterocycles. The number of nitriles is 1. The lowest BCUT2D eigenvalue weighted by atomic mass is 10.0. The third-order valence-corrected chi connectivity index (χ3v) is 7.46. The molecule has 0 spiro atoms. The lowest BCUT2D eigenvalue weighted by molar-refractivity contribution is -0.146. The van der Waals surface area contributed by atoms with E-state index in [1.807, 2.05) is 38.1 Å². The predicted octanol–water partition coefficient (Wildman–Crippen LogP) is 4.24. The summed E-state index contributed by atoms with van der Waals surface area (Å²) in [7, 11) is 0. The van der Waals surface area contributed by atoms with Crippen LogP contribution in [0.3, 0.4) is 0 Å². The number of carbonyl (C=O) groups is 2. The van der Waals surface area contributed by atoms with Crippen LogP contribution in [0.15, 0.2) is 36.4 Å². The van der Waals surface area contributed by atoms with Crippen LogP contribution in [0.25, 0.3) is 21.1 Å². The number of carboxylic acid groups (broad SMARTS) is 1. The summed E-state index contributed by atoms with van der Waals surface area (Å²) in [5.41, 5.74) is 4.43. The first-order valence-electron chi connectivity index (χ1n) is 11.8. The molecule has 0 saturated carbocycles. The number of carboxylic acids is 1. The molecule has 1 aromatic heterocycles. The van der Waals surface area contributed by atoms with E-state index in [0.29, 0.717) is 16.3 Å². The fourth-order valence-electron chi connectivity index (χ4n) is 4.60. The normalized spacial score (nSPS) is 16.8. The second-order valence-electron chi connectivity index (χ2n) is 9.26. The first-order chi connectivity index (χ1) is 17.3. The van der Waals surface area contributed by atoms with E-state index < -0.39 is 11.9 Å². The topological polar surface area (TPSA) is 128 Å². The van der Waals surface area contributed by atoms with Crippen LogP contribution in [0.2, 0.25) is 0 Å². The number of fused-ring (bicyclic) bond motifs is 1. The van der Waals surface area contributed by atoms with Gasteiger partial charge in [-0.1, -0.05) is 29.5 Å². The molecule has 3 aromatic rings. The van der Waals surface area contributed by atoms with Crippen molar-refractivity contribution >= 4 is 23.3 Å². The van der Waals surface area contributed by atoms with Gasteiger partial charge in [-0.2, -0.15) is 5.26 Å². The third-order valence-electron chi connectivity index (χ3n) is 6.45. The minimum Gasteiger partial charge on any atom is -0.490 e. The summed E-state index contributed by atoms with van der Waals surface area (Å²) >= 11 is 1.46. The van der Waals surface area contributed by atoms with E-state index in [1.54, 1.807) is 12.1 Å². The van der Waals surface area contributed by atoms with Crippen molar-refractivity contribution in [3.05, 3.63) is 53.1 Å². The largest absolute Gasteiger partial charge is 0.490 e. The van der Waals surface area contributed by atoms with Gasteiger partial charge in [0, 0.05) is 24.2 Å². The molecule has 1 aliphatic carbocycles. The van der Waals surface area contributed by atoms with Gasteiger partial charge in [-0.3, -0.25) is 4.79 Å². The molecule has 1 aliphatic heterocycles. The van der Waals surface area contributed by atoms with Gasteiger partial charge in [0.25, 0.3) is 0 Å². The van der Waals surface area contributed by atoms with Crippen molar-refractivity contribution in [1.29, 1.82) is 5.26 Å². The van der Waals surface area contributed by atoms with E-state index in [9.17, 15) is 14.9 Å². The number of likely N-dealkylation sites (tertiary alicyclic amines) is 1. The lowest BCUT2D eigenvalue weighted by Gasteiger charge is -2.37. The molecule has 1 atom stereocenters. The second-order valence-corrected chi connectivity index (χ2v) is 10.2. The van der Waals surface area contributed by atoms with E-state index >= 15 is 0 Å². The number of ether oxygens (including phenoxy) is 1. The first-order valence-corrected chi connectivity index (χ1v) is 12.6. The Balaban J connectivity index is 1.34. The van der Waals surface area contributed by atoms with Crippen molar-refractivity contribution in [2.75, 3.05) is 13.1 Å². The fourth-order valence-corrected chi connectivity index (χ4v) is 5.49. The smallest absolute Gasteiger partial charge is 0.317 e. The Morgan fingerprint density at radius 1 is 1.22 bits per heavy atom. The van der Waals surface area contributed by atoms with Crippen LogP contribution >= 0.6 is 11.3 Å². The molecule has 2 N–H and O–H groups in total. The Labute approximate surface area is 212 Å². The van der Waals surface area contributed by atoms with Gasteiger partial charge >= 0.3 is 12.0 Å². The Bertz CT molecular complexity index is 1370. The van der Waals surface area contributed by atoms with Crippen LogP contribution in [0.5, 0.6) is 5.75 Å². The predicted molar refractivity (Wildman–Crippen MR) is 134 cm³/mol. The SMILES string of the molecule is CC(C)Oc1ccc(-c2nnc(-c3cccc4c3CCC4NC(=O)N3CC(C(=O)O)C3)s2)cc1C#N. The number of aromatic nitrogens is 2. The fraction of sp³-hybridized carbons (Fsp3) is 0.346. The second kappa shape index (κ2) is 9.59. The van der Waals surface area contributed by atoms with Gasteiger partial charge in [0.1, 0.15) is 21.8 Å². The lowest BCUT2D eigenvalue weighted by Crippen LogP contribution is -2.56. The van der Waals surface area contributed by atoms with Crippen molar-refractivity contribution in [1.82, 2.24) is 20.4 Å². The standard InChI is InChI=1S/C26H25N5O4S/c1-14(2)35-22-9-6-15(10-16(22)11-27)23-29-30-24(36-23)20-5-3-4-19-18(20)7-8-21(19)28-26(34)31-12-17(13-31)25(32)33/h3-6,9-10,14,17,21H,7-8,12-13H2,1-2H3,(H,28,34)(H,32,33). The molecule has 1 saturated heterocycles. The summed E-state index contributed by atoms with van der Waals surface area (Å²) in [5, 5.41) is 31.9. The number of amides is 2. The zero-order chi connectivity index (χ0) is 25.4. The highest BCUT2D eigenvalue weighted by Gasteiger charge is 2.37. The number of nitrogens with zero attached hydrogens (tertiary/aromatic N) is 4. The van der Waals surface area contributed by atoms with Crippen LogP contribution in [0, 0.1) is 17.2 Å². The number of benzene rings is 2. The maximum atomic E-state index is 12.6. The average Bonchev–Trinajstić information content (AvgIpc) is 3.45. The van der Waals surface area contributed by atoms with Crippen LogP contribution in [-0.4, -0.2) is 51.4 Å². The summed E-state index contributed by atoms with van der Waals surface area (Å²) < 4.78 is 5.72. The van der Waals surface area contributed by atoms with Gasteiger partial charge in [0.2, 0.25) is 0 Å². The van der Waals surface area contributed by atoms with Crippen molar-refractivity contribution in [3.63, 3.8) is 0 Å². The number of carbonyl (C=O) groups excluding carboxylic acids is 1. The molecule has 0 radical (unpaired) electrons. The maximum absolute atomic E-state index is 12.6. The van der Waals surface area contributed by atoms with Gasteiger partial charge in [0.05, 0.1) is 23.6 Å². The summed E-state index contributed by atoms with van der Waals surface area (Å²) in [6, 6.07) is 13.3.